The van der Waals surface area contributed by atoms with Crippen molar-refractivity contribution >= 4 is 43.5 Å². The lowest BCUT2D eigenvalue weighted by molar-refractivity contribution is -0.139. The molecule has 1 saturated carbocycles. The van der Waals surface area contributed by atoms with Gasteiger partial charge < -0.3 is 10.2 Å². The van der Waals surface area contributed by atoms with E-state index in [0.29, 0.717) is 5.69 Å². The van der Waals surface area contributed by atoms with Gasteiger partial charge in [-0.15, -0.1) is 0 Å². The van der Waals surface area contributed by atoms with E-state index in [-0.39, 0.29) is 23.4 Å². The number of hydrogen-bond acceptors (Lipinski definition) is 4. The van der Waals surface area contributed by atoms with Gasteiger partial charge in [-0.25, -0.2) is 8.42 Å². The molecule has 0 spiro atoms. The SMILES string of the molecule is Cc1ccc(S(=O)(=O)N(CC(=O)N(Cc2ccc(Br)cc2)[C@H](C)C(=O)NC2CCCC2)c2ccccc2C)cc1. The van der Waals surface area contributed by atoms with Crippen molar-refractivity contribution in [2.24, 2.45) is 0 Å². The maximum Gasteiger partial charge on any atom is 0.264 e. The third-order valence-corrected chi connectivity index (χ3v) is 9.71. The quantitative estimate of drug-likeness (QED) is 0.311. The number of carbonyl (C=O) groups is 2. The first-order valence-electron chi connectivity index (χ1n) is 13.6. The molecule has 9 heteroatoms. The molecule has 0 radical (unpaired) electrons. The smallest absolute Gasteiger partial charge is 0.264 e. The van der Waals surface area contributed by atoms with Crippen LogP contribution in [0.15, 0.2) is 82.2 Å². The molecule has 0 bridgehead atoms. The number of amides is 2. The van der Waals surface area contributed by atoms with E-state index in [1.807, 2.05) is 50.2 Å². The first kappa shape index (κ1) is 29.8. The van der Waals surface area contributed by atoms with Crippen molar-refractivity contribution in [3.05, 3.63) is 94.0 Å². The van der Waals surface area contributed by atoms with Crippen LogP contribution in [-0.2, 0) is 26.2 Å². The van der Waals surface area contributed by atoms with Crippen LogP contribution in [0.3, 0.4) is 0 Å². The normalized spacial score (nSPS) is 14.5. The molecule has 3 aromatic rings. The van der Waals surface area contributed by atoms with Crippen molar-refractivity contribution in [1.29, 1.82) is 0 Å². The molecule has 7 nitrogen and oxygen atoms in total. The van der Waals surface area contributed by atoms with Crippen molar-refractivity contribution < 1.29 is 18.0 Å². The average molecular weight is 627 g/mol. The highest BCUT2D eigenvalue weighted by Gasteiger charge is 2.33. The van der Waals surface area contributed by atoms with Crippen molar-refractivity contribution in [2.45, 2.75) is 70.0 Å². The van der Waals surface area contributed by atoms with Gasteiger partial charge in [-0.05, 0) is 75.1 Å². The van der Waals surface area contributed by atoms with Crippen LogP contribution in [0.5, 0.6) is 0 Å². The molecule has 1 aliphatic carbocycles. The molecule has 0 saturated heterocycles. The minimum Gasteiger partial charge on any atom is -0.352 e. The summed E-state index contributed by atoms with van der Waals surface area (Å²) in [6.45, 7) is 5.12. The van der Waals surface area contributed by atoms with Gasteiger partial charge in [-0.2, -0.15) is 0 Å². The molecular formula is C31H36BrN3O4S. The van der Waals surface area contributed by atoms with Crippen LogP contribution in [0, 0.1) is 13.8 Å². The number of aryl methyl sites for hydroxylation is 2. The average Bonchev–Trinajstić information content (AvgIpc) is 3.44. The van der Waals surface area contributed by atoms with Crippen molar-refractivity contribution in [3.8, 4) is 0 Å². The maximum absolute atomic E-state index is 14.1. The Kier molecular flexibility index (Phi) is 9.68. The number of nitrogens with one attached hydrogen (secondary N) is 1. The second-order valence-corrected chi connectivity index (χ2v) is 13.2. The second-order valence-electron chi connectivity index (χ2n) is 10.4. The molecular weight excluding hydrogens is 590 g/mol. The molecule has 1 atom stereocenters. The van der Waals surface area contributed by atoms with Gasteiger partial charge in [0, 0.05) is 17.1 Å². The Balaban J connectivity index is 1.69. The van der Waals surface area contributed by atoms with Crippen LogP contribution in [0.4, 0.5) is 5.69 Å². The summed E-state index contributed by atoms with van der Waals surface area (Å²) in [5.74, 6) is -0.697. The van der Waals surface area contributed by atoms with Gasteiger partial charge in [0.2, 0.25) is 11.8 Å². The fraction of sp³-hybridized carbons (Fsp3) is 0.355. The number of hydrogen-bond donors (Lipinski definition) is 1. The Morgan fingerprint density at radius 1 is 0.950 bits per heavy atom. The Morgan fingerprint density at radius 2 is 1.57 bits per heavy atom. The number of rotatable bonds is 10. The van der Waals surface area contributed by atoms with E-state index in [1.165, 1.54) is 4.90 Å². The molecule has 3 aromatic carbocycles. The third-order valence-electron chi connectivity index (χ3n) is 7.41. The van der Waals surface area contributed by atoms with Gasteiger partial charge in [-0.1, -0.05) is 76.8 Å². The summed E-state index contributed by atoms with van der Waals surface area (Å²) in [7, 11) is -4.09. The van der Waals surface area contributed by atoms with Gasteiger partial charge in [0.1, 0.15) is 12.6 Å². The Morgan fingerprint density at radius 3 is 2.20 bits per heavy atom. The van der Waals surface area contributed by atoms with Crippen molar-refractivity contribution in [1.82, 2.24) is 10.2 Å². The largest absolute Gasteiger partial charge is 0.352 e. The molecule has 1 N–H and O–H groups in total. The van der Waals surface area contributed by atoms with Gasteiger partial charge in [0.15, 0.2) is 0 Å². The third kappa shape index (κ3) is 7.12. The van der Waals surface area contributed by atoms with Crippen molar-refractivity contribution in [3.63, 3.8) is 0 Å². The van der Waals surface area contributed by atoms with Crippen LogP contribution >= 0.6 is 15.9 Å². The molecule has 4 rings (SSSR count). The molecule has 0 aliphatic heterocycles. The molecule has 0 heterocycles. The Bertz CT molecular complexity index is 1440. The Hall–Kier alpha value is -3.17. The van der Waals surface area contributed by atoms with E-state index < -0.39 is 28.5 Å². The number of anilines is 1. The highest BCUT2D eigenvalue weighted by molar-refractivity contribution is 9.10. The van der Waals surface area contributed by atoms with Crippen LogP contribution in [0.2, 0.25) is 0 Å². The molecule has 1 aliphatic rings. The fourth-order valence-electron chi connectivity index (χ4n) is 4.96. The zero-order valence-electron chi connectivity index (χ0n) is 23.1. The van der Waals surface area contributed by atoms with E-state index in [2.05, 4.69) is 21.2 Å². The van der Waals surface area contributed by atoms with Crippen LogP contribution < -0.4 is 9.62 Å². The predicted octanol–water partition coefficient (Wildman–Crippen LogP) is 5.74. The van der Waals surface area contributed by atoms with E-state index >= 15 is 0 Å². The molecule has 2 amide bonds. The molecule has 0 unspecified atom stereocenters. The molecule has 0 aromatic heterocycles. The summed E-state index contributed by atoms with van der Waals surface area (Å²) in [5, 5.41) is 3.09. The maximum atomic E-state index is 14.1. The highest BCUT2D eigenvalue weighted by Crippen LogP contribution is 2.28. The zero-order chi connectivity index (χ0) is 28.9. The van der Waals surface area contributed by atoms with Crippen LogP contribution in [-0.4, -0.2) is 43.8 Å². The fourth-order valence-corrected chi connectivity index (χ4v) is 6.70. The monoisotopic (exact) mass is 625 g/mol. The van der Waals surface area contributed by atoms with Crippen LogP contribution in [0.1, 0.15) is 49.3 Å². The lowest BCUT2D eigenvalue weighted by atomic mass is 10.1. The van der Waals surface area contributed by atoms with Gasteiger partial charge >= 0.3 is 0 Å². The van der Waals surface area contributed by atoms with Crippen LogP contribution in [0.25, 0.3) is 0 Å². The summed E-state index contributed by atoms with van der Waals surface area (Å²) in [6, 6.07) is 20.5. The van der Waals surface area contributed by atoms with E-state index in [9.17, 15) is 18.0 Å². The first-order valence-corrected chi connectivity index (χ1v) is 15.8. The minimum atomic E-state index is -4.09. The zero-order valence-corrected chi connectivity index (χ0v) is 25.5. The summed E-state index contributed by atoms with van der Waals surface area (Å²) >= 11 is 3.44. The minimum absolute atomic E-state index is 0.0978. The number of carbonyl (C=O) groups excluding carboxylic acids is 2. The van der Waals surface area contributed by atoms with Crippen molar-refractivity contribution in [2.75, 3.05) is 10.8 Å². The number of nitrogens with zero attached hydrogens (tertiary/aromatic N) is 2. The molecule has 40 heavy (non-hydrogen) atoms. The number of halogens is 1. The molecule has 1 fully saturated rings. The van der Waals surface area contributed by atoms with Gasteiger partial charge in [0.05, 0.1) is 10.6 Å². The number of benzene rings is 3. The standard InChI is InChI=1S/C31H36BrN3O4S/c1-22-12-18-28(19-13-22)40(38,39)35(29-11-7-4-8-23(29)2)21-30(36)34(20-25-14-16-26(32)17-15-25)24(3)31(37)33-27-9-5-6-10-27/h4,7-8,11-19,24,27H,5-6,9-10,20-21H2,1-3H3,(H,33,37)/t24-/m1/s1. The lowest BCUT2D eigenvalue weighted by Gasteiger charge is -2.33. The lowest BCUT2D eigenvalue weighted by Crippen LogP contribution is -2.52. The summed E-state index contributed by atoms with van der Waals surface area (Å²) in [6.07, 6.45) is 4.00. The highest BCUT2D eigenvalue weighted by atomic mass is 79.9. The predicted molar refractivity (Wildman–Crippen MR) is 161 cm³/mol. The summed E-state index contributed by atoms with van der Waals surface area (Å²) in [4.78, 5) is 28.9. The first-order chi connectivity index (χ1) is 19.1. The topological polar surface area (TPSA) is 86.8 Å². The number of sulfonamides is 1. The Labute approximate surface area is 245 Å². The summed E-state index contributed by atoms with van der Waals surface area (Å²) in [5.41, 5.74) is 2.90. The van der Waals surface area contributed by atoms with Gasteiger partial charge in [-0.3, -0.25) is 13.9 Å². The summed E-state index contributed by atoms with van der Waals surface area (Å²) < 4.78 is 30.0. The second kappa shape index (κ2) is 13.0. The number of para-hydroxylation sites is 1. The van der Waals surface area contributed by atoms with E-state index in [0.717, 1.165) is 51.2 Å². The van der Waals surface area contributed by atoms with E-state index in [4.69, 9.17) is 0 Å². The molecule has 212 valence electrons. The van der Waals surface area contributed by atoms with E-state index in [1.54, 1.807) is 43.3 Å². The van der Waals surface area contributed by atoms with Gasteiger partial charge in [0.25, 0.3) is 10.0 Å².